The summed E-state index contributed by atoms with van der Waals surface area (Å²) in [7, 11) is 0. The molecule has 0 aromatic rings. The number of hydrogen-bond donors (Lipinski definition) is 2. The third-order valence-corrected chi connectivity index (χ3v) is 1.61. The largest absolute Gasteiger partial charge is 0.425 e. The van der Waals surface area contributed by atoms with E-state index in [1.807, 2.05) is 6.92 Å². The molecule has 0 aromatic carbocycles. The number of hydrogen-bond acceptors (Lipinski definition) is 4. The molecule has 0 aliphatic carbocycles. The van der Waals surface area contributed by atoms with Gasteiger partial charge < -0.3 is 15.2 Å². The van der Waals surface area contributed by atoms with Gasteiger partial charge in [0, 0.05) is 6.54 Å². The Balaban J connectivity index is 2.79. The van der Waals surface area contributed by atoms with Gasteiger partial charge in [0.15, 0.2) is 5.03 Å². The second-order valence-corrected chi connectivity index (χ2v) is 2.39. The lowest BCUT2D eigenvalue weighted by Crippen LogP contribution is -2.22. The molecule has 0 aromatic heterocycles. The first-order chi connectivity index (χ1) is 5.16. The summed E-state index contributed by atoms with van der Waals surface area (Å²) < 4.78 is 4.39. The molecule has 1 heterocycles. The maximum Gasteiger partial charge on any atom is 0.354 e. The summed E-state index contributed by atoms with van der Waals surface area (Å²) in [5.41, 5.74) is 0.249. The summed E-state index contributed by atoms with van der Waals surface area (Å²) in [5, 5.41) is 11.7. The maximum absolute atomic E-state index is 10.7. The first-order valence-electron chi connectivity index (χ1n) is 3.19. The van der Waals surface area contributed by atoms with Crippen molar-refractivity contribution in [3.8, 4) is 0 Å². The quantitative estimate of drug-likeness (QED) is 0.580. The fourth-order valence-corrected chi connectivity index (χ4v) is 0.990. The van der Waals surface area contributed by atoms with E-state index in [0.29, 0.717) is 6.54 Å². The molecule has 1 aliphatic heterocycles. The van der Waals surface area contributed by atoms with Gasteiger partial charge in [-0.15, -0.1) is 0 Å². The van der Waals surface area contributed by atoms with E-state index < -0.39 is 12.3 Å². The number of aliphatic hydroxyl groups is 1. The molecule has 0 bridgehead atoms. The number of carbonyl (C=O) groups excluding carboxylic acids is 1. The predicted octanol–water partition coefficient (Wildman–Crippen LogP) is -0.0785. The van der Waals surface area contributed by atoms with Crippen molar-refractivity contribution in [1.29, 1.82) is 0 Å². The summed E-state index contributed by atoms with van der Waals surface area (Å²) in [6.07, 6.45) is -1.23. The molecule has 1 rings (SSSR count). The normalized spacial score (nSPS) is 23.9. The van der Waals surface area contributed by atoms with E-state index >= 15 is 0 Å². The fourth-order valence-electron chi connectivity index (χ4n) is 0.786. The van der Waals surface area contributed by atoms with Crippen LogP contribution in [0.4, 0.5) is 0 Å². The lowest BCUT2D eigenvalue weighted by Gasteiger charge is -2.06. The van der Waals surface area contributed by atoms with E-state index in [4.69, 9.17) is 16.7 Å². The predicted molar refractivity (Wildman–Crippen MR) is 38.7 cm³/mol. The Hall–Kier alpha value is -0.740. The van der Waals surface area contributed by atoms with Crippen LogP contribution in [0.15, 0.2) is 10.7 Å². The third kappa shape index (κ3) is 1.46. The first kappa shape index (κ1) is 8.36. The SMILES string of the molecule is CCNC1=C(Cl)C(=O)OC1O. The van der Waals surface area contributed by atoms with E-state index in [9.17, 15) is 4.79 Å². The molecule has 62 valence electrons. The van der Waals surface area contributed by atoms with Gasteiger partial charge in [-0.25, -0.2) is 4.79 Å². The molecule has 2 N–H and O–H groups in total. The Morgan fingerprint density at radius 1 is 1.82 bits per heavy atom. The van der Waals surface area contributed by atoms with Gasteiger partial charge in [-0.3, -0.25) is 0 Å². The molecule has 1 aliphatic rings. The summed E-state index contributed by atoms with van der Waals surface area (Å²) in [5.74, 6) is -0.685. The van der Waals surface area contributed by atoms with Gasteiger partial charge in [-0.2, -0.15) is 0 Å². The van der Waals surface area contributed by atoms with Gasteiger partial charge >= 0.3 is 5.97 Å². The standard InChI is InChI=1S/C6H8ClNO3/c1-2-8-4-3(7)5(9)11-6(4)10/h6,8,10H,2H2,1H3. The van der Waals surface area contributed by atoms with Crippen molar-refractivity contribution in [3.05, 3.63) is 10.7 Å². The zero-order valence-electron chi connectivity index (χ0n) is 5.93. The van der Waals surface area contributed by atoms with Crippen LogP contribution in [0.2, 0.25) is 0 Å². The second-order valence-electron chi connectivity index (χ2n) is 2.02. The second kappa shape index (κ2) is 3.11. The van der Waals surface area contributed by atoms with Crippen molar-refractivity contribution in [3.63, 3.8) is 0 Å². The number of carbonyl (C=O) groups is 1. The number of rotatable bonds is 2. The van der Waals surface area contributed by atoms with E-state index in [1.165, 1.54) is 0 Å². The van der Waals surface area contributed by atoms with Crippen molar-refractivity contribution in [1.82, 2.24) is 5.32 Å². The zero-order chi connectivity index (χ0) is 8.43. The van der Waals surface area contributed by atoms with Crippen LogP contribution in [0.1, 0.15) is 6.92 Å². The Labute approximate surface area is 68.8 Å². The van der Waals surface area contributed by atoms with Crippen LogP contribution in [-0.2, 0) is 9.53 Å². The maximum atomic E-state index is 10.7. The summed E-state index contributed by atoms with van der Waals surface area (Å²) in [6, 6.07) is 0. The van der Waals surface area contributed by atoms with Crippen LogP contribution < -0.4 is 5.32 Å². The molecular formula is C6H8ClNO3. The van der Waals surface area contributed by atoms with E-state index in [1.54, 1.807) is 0 Å². The van der Waals surface area contributed by atoms with Gasteiger partial charge in [0.1, 0.15) is 5.70 Å². The molecule has 4 nitrogen and oxygen atoms in total. The van der Waals surface area contributed by atoms with Crippen LogP contribution in [0, 0.1) is 0 Å². The topological polar surface area (TPSA) is 58.6 Å². The highest BCUT2D eigenvalue weighted by Gasteiger charge is 2.31. The molecule has 0 amide bonds. The molecule has 5 heteroatoms. The van der Waals surface area contributed by atoms with Crippen LogP contribution in [-0.4, -0.2) is 23.9 Å². The number of cyclic esters (lactones) is 1. The lowest BCUT2D eigenvalue weighted by molar-refractivity contribution is -0.151. The van der Waals surface area contributed by atoms with Gasteiger partial charge in [-0.05, 0) is 6.92 Å². The third-order valence-electron chi connectivity index (χ3n) is 1.25. The summed E-state index contributed by atoms with van der Waals surface area (Å²) in [6.45, 7) is 2.41. The lowest BCUT2D eigenvalue weighted by atomic mass is 10.4. The molecule has 1 atom stereocenters. The monoisotopic (exact) mass is 177 g/mol. The average molecular weight is 178 g/mol. The van der Waals surface area contributed by atoms with Crippen LogP contribution in [0.3, 0.4) is 0 Å². The van der Waals surface area contributed by atoms with E-state index in [2.05, 4.69) is 10.1 Å². The molecule has 0 saturated heterocycles. The number of esters is 1. The fraction of sp³-hybridized carbons (Fsp3) is 0.500. The van der Waals surface area contributed by atoms with Crippen molar-refractivity contribution in [2.24, 2.45) is 0 Å². The smallest absolute Gasteiger partial charge is 0.354 e. The Morgan fingerprint density at radius 2 is 2.45 bits per heavy atom. The van der Waals surface area contributed by atoms with Crippen LogP contribution in [0.5, 0.6) is 0 Å². The summed E-state index contributed by atoms with van der Waals surface area (Å²) in [4.78, 5) is 10.7. The first-order valence-corrected chi connectivity index (χ1v) is 3.57. The Morgan fingerprint density at radius 3 is 2.82 bits per heavy atom. The van der Waals surface area contributed by atoms with Crippen molar-refractivity contribution >= 4 is 17.6 Å². The van der Waals surface area contributed by atoms with Crippen molar-refractivity contribution in [2.45, 2.75) is 13.2 Å². The highest BCUT2D eigenvalue weighted by Crippen LogP contribution is 2.21. The zero-order valence-corrected chi connectivity index (χ0v) is 6.68. The number of aliphatic hydroxyl groups excluding tert-OH is 1. The van der Waals surface area contributed by atoms with E-state index in [0.717, 1.165) is 0 Å². The highest BCUT2D eigenvalue weighted by atomic mass is 35.5. The average Bonchev–Trinajstić information content (AvgIpc) is 2.17. The number of likely N-dealkylation sites (N-methyl/N-ethyl adjacent to an activating group) is 1. The van der Waals surface area contributed by atoms with Crippen LogP contribution >= 0.6 is 11.6 Å². The van der Waals surface area contributed by atoms with Crippen molar-refractivity contribution < 1.29 is 14.6 Å². The molecule has 11 heavy (non-hydrogen) atoms. The minimum atomic E-state index is -1.23. The molecule has 0 saturated carbocycles. The number of halogens is 1. The molecule has 0 radical (unpaired) electrons. The minimum Gasteiger partial charge on any atom is -0.425 e. The Bertz CT molecular complexity index is 214. The molecular weight excluding hydrogens is 170 g/mol. The molecule has 0 spiro atoms. The number of nitrogens with one attached hydrogen (secondary N) is 1. The van der Waals surface area contributed by atoms with E-state index in [-0.39, 0.29) is 10.7 Å². The van der Waals surface area contributed by atoms with Gasteiger partial charge in [0.25, 0.3) is 0 Å². The van der Waals surface area contributed by atoms with Crippen LogP contribution in [0.25, 0.3) is 0 Å². The minimum absolute atomic E-state index is 0.0700. The summed E-state index contributed by atoms with van der Waals surface area (Å²) >= 11 is 5.48. The number of ether oxygens (including phenoxy) is 1. The van der Waals surface area contributed by atoms with Gasteiger partial charge in [0.05, 0.1) is 0 Å². The Kier molecular flexibility index (Phi) is 2.36. The molecule has 0 fully saturated rings. The highest BCUT2D eigenvalue weighted by molar-refractivity contribution is 6.42. The van der Waals surface area contributed by atoms with Gasteiger partial charge in [0.2, 0.25) is 6.29 Å². The molecule has 1 unspecified atom stereocenters. The van der Waals surface area contributed by atoms with Crippen molar-refractivity contribution in [2.75, 3.05) is 6.54 Å². The van der Waals surface area contributed by atoms with Gasteiger partial charge in [-0.1, -0.05) is 11.6 Å².